The molecule has 0 N–H and O–H groups in total. The molecule has 84 valence electrons. The molecule has 1 heterocycles. The minimum absolute atomic E-state index is 0.562. The summed E-state index contributed by atoms with van der Waals surface area (Å²) in [5, 5.41) is 0. The Morgan fingerprint density at radius 1 is 0.933 bits per heavy atom. The molecule has 1 aromatic rings. The summed E-state index contributed by atoms with van der Waals surface area (Å²) >= 11 is 0. The lowest BCUT2D eigenvalue weighted by molar-refractivity contribution is -0.156. The summed E-state index contributed by atoms with van der Waals surface area (Å²) in [6.45, 7) is 6.36. The second kappa shape index (κ2) is 12.3. The molecule has 0 amide bonds. The van der Waals surface area contributed by atoms with Crippen LogP contribution in [0.2, 0.25) is 0 Å². The molecule has 4 nitrogen and oxygen atoms in total. The van der Waals surface area contributed by atoms with Crippen LogP contribution in [0.15, 0.2) is 30.6 Å². The predicted octanol–water partition coefficient (Wildman–Crippen LogP) is 2.20. The number of ether oxygens (including phenoxy) is 1. The van der Waals surface area contributed by atoms with E-state index in [0.717, 1.165) is 0 Å². The van der Waals surface area contributed by atoms with Gasteiger partial charge in [0.15, 0.2) is 0 Å². The van der Waals surface area contributed by atoms with Crippen LogP contribution in [0.3, 0.4) is 0 Å². The van der Waals surface area contributed by atoms with E-state index in [1.54, 1.807) is 12.4 Å². The lowest BCUT2D eigenvalue weighted by atomic mass is 10.5. The van der Waals surface area contributed by atoms with E-state index in [1.807, 2.05) is 32.0 Å². The van der Waals surface area contributed by atoms with Crippen LogP contribution in [-0.2, 0) is 14.3 Å². The van der Waals surface area contributed by atoms with E-state index < -0.39 is 11.9 Å². The SMILES string of the molecule is CC.CC(=O)OC(C)=O.c1ccncc1. The van der Waals surface area contributed by atoms with Gasteiger partial charge in [-0.15, -0.1) is 0 Å². The molecule has 1 rings (SSSR count). The van der Waals surface area contributed by atoms with Crippen molar-refractivity contribution in [3.8, 4) is 0 Å². The zero-order valence-corrected chi connectivity index (χ0v) is 9.56. The van der Waals surface area contributed by atoms with Gasteiger partial charge in [-0.3, -0.25) is 14.6 Å². The fourth-order valence-corrected chi connectivity index (χ4v) is 0.515. The first-order valence-corrected chi connectivity index (χ1v) is 4.67. The summed E-state index contributed by atoms with van der Waals surface area (Å²) in [5.41, 5.74) is 0. The normalized spacial score (nSPS) is 7.20. The highest BCUT2D eigenvalue weighted by Gasteiger charge is 1.93. The summed E-state index contributed by atoms with van der Waals surface area (Å²) in [7, 11) is 0. The Labute approximate surface area is 90.3 Å². The highest BCUT2D eigenvalue weighted by Crippen LogP contribution is 1.74. The first-order chi connectivity index (χ1) is 7.13. The molecule has 0 fully saturated rings. The van der Waals surface area contributed by atoms with Crippen molar-refractivity contribution < 1.29 is 14.3 Å². The molecule has 0 aliphatic heterocycles. The van der Waals surface area contributed by atoms with Crippen molar-refractivity contribution in [3.05, 3.63) is 30.6 Å². The fraction of sp³-hybridized carbons (Fsp3) is 0.364. The number of nitrogens with zero attached hydrogens (tertiary/aromatic N) is 1. The van der Waals surface area contributed by atoms with Crippen LogP contribution >= 0.6 is 0 Å². The lowest BCUT2D eigenvalue weighted by Crippen LogP contribution is -2.03. The fourth-order valence-electron chi connectivity index (χ4n) is 0.515. The third kappa shape index (κ3) is 18.9. The number of aromatic nitrogens is 1. The molecule has 0 aliphatic rings. The Morgan fingerprint density at radius 3 is 1.40 bits per heavy atom. The summed E-state index contributed by atoms with van der Waals surface area (Å²) in [6.07, 6.45) is 3.50. The lowest BCUT2D eigenvalue weighted by Gasteiger charge is -1.87. The van der Waals surface area contributed by atoms with Crippen molar-refractivity contribution in [1.29, 1.82) is 0 Å². The third-order valence-corrected chi connectivity index (χ3v) is 0.854. The van der Waals surface area contributed by atoms with Gasteiger partial charge in [0, 0.05) is 26.2 Å². The maximum atomic E-state index is 9.81. The van der Waals surface area contributed by atoms with Crippen LogP contribution in [0.5, 0.6) is 0 Å². The van der Waals surface area contributed by atoms with Crippen molar-refractivity contribution in [2.24, 2.45) is 0 Å². The zero-order chi connectivity index (χ0) is 12.1. The summed E-state index contributed by atoms with van der Waals surface area (Å²) < 4.78 is 3.97. The second-order valence-corrected chi connectivity index (χ2v) is 2.11. The Kier molecular flexibility index (Phi) is 12.9. The maximum absolute atomic E-state index is 9.81. The molecule has 0 bridgehead atoms. The third-order valence-electron chi connectivity index (χ3n) is 0.854. The molecule has 0 atom stereocenters. The molecule has 1 aromatic heterocycles. The van der Waals surface area contributed by atoms with Crippen LogP contribution in [-0.4, -0.2) is 16.9 Å². The predicted molar refractivity (Wildman–Crippen MR) is 58.0 cm³/mol. The highest BCUT2D eigenvalue weighted by atomic mass is 16.6. The van der Waals surface area contributed by atoms with Crippen molar-refractivity contribution >= 4 is 11.9 Å². The second-order valence-electron chi connectivity index (χ2n) is 2.11. The molecule has 0 saturated carbocycles. The van der Waals surface area contributed by atoms with Gasteiger partial charge >= 0.3 is 11.9 Å². The Bertz CT molecular complexity index is 221. The quantitative estimate of drug-likeness (QED) is 0.487. The molecule has 4 heteroatoms. The summed E-state index contributed by atoms with van der Waals surface area (Å²) in [4.78, 5) is 23.4. The Hall–Kier alpha value is -1.71. The van der Waals surface area contributed by atoms with Crippen LogP contribution in [0.25, 0.3) is 0 Å². The largest absolute Gasteiger partial charge is 0.394 e. The van der Waals surface area contributed by atoms with Gasteiger partial charge in [0.1, 0.15) is 0 Å². The van der Waals surface area contributed by atoms with Crippen LogP contribution in [0, 0.1) is 0 Å². The van der Waals surface area contributed by atoms with Crippen molar-refractivity contribution in [2.45, 2.75) is 27.7 Å². The van der Waals surface area contributed by atoms with Gasteiger partial charge in [-0.25, -0.2) is 0 Å². The van der Waals surface area contributed by atoms with Gasteiger partial charge < -0.3 is 4.74 Å². The van der Waals surface area contributed by atoms with E-state index >= 15 is 0 Å². The number of hydrogen-bond donors (Lipinski definition) is 0. The van der Waals surface area contributed by atoms with E-state index in [1.165, 1.54) is 13.8 Å². The van der Waals surface area contributed by atoms with E-state index in [0.29, 0.717) is 0 Å². The average molecular weight is 211 g/mol. The van der Waals surface area contributed by atoms with Gasteiger partial charge in [-0.05, 0) is 12.1 Å². The van der Waals surface area contributed by atoms with Gasteiger partial charge in [0.05, 0.1) is 0 Å². The molecular weight excluding hydrogens is 194 g/mol. The van der Waals surface area contributed by atoms with Crippen LogP contribution in [0.4, 0.5) is 0 Å². The first kappa shape index (κ1) is 15.7. The summed E-state index contributed by atoms with van der Waals surface area (Å²) in [5.74, 6) is -1.12. The van der Waals surface area contributed by atoms with Gasteiger partial charge in [-0.1, -0.05) is 19.9 Å². The van der Waals surface area contributed by atoms with Crippen molar-refractivity contribution in [3.63, 3.8) is 0 Å². The minimum Gasteiger partial charge on any atom is -0.394 e. The van der Waals surface area contributed by atoms with Crippen molar-refractivity contribution in [2.75, 3.05) is 0 Å². The Balaban J connectivity index is 0. The first-order valence-electron chi connectivity index (χ1n) is 4.67. The van der Waals surface area contributed by atoms with Gasteiger partial charge in [0.2, 0.25) is 0 Å². The highest BCUT2D eigenvalue weighted by molar-refractivity contribution is 5.82. The van der Waals surface area contributed by atoms with Crippen LogP contribution < -0.4 is 0 Å². The van der Waals surface area contributed by atoms with E-state index in [-0.39, 0.29) is 0 Å². The molecule has 15 heavy (non-hydrogen) atoms. The Morgan fingerprint density at radius 2 is 1.33 bits per heavy atom. The molecule has 0 spiro atoms. The molecule has 0 aromatic carbocycles. The van der Waals surface area contributed by atoms with E-state index in [9.17, 15) is 9.59 Å². The molecule has 0 unspecified atom stereocenters. The number of rotatable bonds is 0. The number of carbonyl (C=O) groups is 2. The summed E-state index contributed by atoms with van der Waals surface area (Å²) in [6, 6.07) is 5.72. The van der Waals surface area contributed by atoms with Gasteiger partial charge in [0.25, 0.3) is 0 Å². The molecule has 0 aliphatic carbocycles. The molecular formula is C11H17NO3. The maximum Gasteiger partial charge on any atom is 0.310 e. The average Bonchev–Trinajstić information content (AvgIpc) is 2.22. The standard InChI is InChI=1S/C5H5N.C4H6O3.C2H6/c1-2-4-6-5-3-1;1-3(5)7-4(2)6;1-2/h1-5H;1-2H3;1-2H3. The molecule has 0 radical (unpaired) electrons. The topological polar surface area (TPSA) is 56.3 Å². The van der Waals surface area contributed by atoms with Crippen LogP contribution in [0.1, 0.15) is 27.7 Å². The number of esters is 2. The number of carbonyl (C=O) groups excluding carboxylic acids is 2. The molecule has 0 saturated heterocycles. The number of hydrogen-bond acceptors (Lipinski definition) is 4. The van der Waals surface area contributed by atoms with Crippen molar-refractivity contribution in [1.82, 2.24) is 4.98 Å². The number of pyridine rings is 1. The smallest absolute Gasteiger partial charge is 0.310 e. The monoisotopic (exact) mass is 211 g/mol. The van der Waals surface area contributed by atoms with Gasteiger partial charge in [-0.2, -0.15) is 0 Å². The van der Waals surface area contributed by atoms with E-state index in [4.69, 9.17) is 0 Å². The zero-order valence-electron chi connectivity index (χ0n) is 9.56. The van der Waals surface area contributed by atoms with E-state index in [2.05, 4.69) is 9.72 Å². The minimum atomic E-state index is -0.562.